The van der Waals surface area contributed by atoms with Crippen LogP contribution in [0.1, 0.15) is 12.5 Å². The topological polar surface area (TPSA) is 53.2 Å². The van der Waals surface area contributed by atoms with Gasteiger partial charge in [-0.1, -0.05) is 6.07 Å². The van der Waals surface area contributed by atoms with Crippen LogP contribution in [-0.4, -0.2) is 31.1 Å². The molecule has 98 valence electrons. The van der Waals surface area contributed by atoms with E-state index in [9.17, 15) is 9.18 Å². The zero-order chi connectivity index (χ0) is 13.1. The molecule has 5 heteroatoms. The van der Waals surface area contributed by atoms with Gasteiger partial charge in [0.2, 0.25) is 5.91 Å². The average Bonchev–Trinajstić information content (AvgIpc) is 2.36. The molecule has 0 aliphatic carbocycles. The van der Waals surface area contributed by atoms with Crippen molar-refractivity contribution in [1.82, 2.24) is 10.6 Å². The normalized spacial score (nSPS) is 23.7. The Labute approximate surface area is 106 Å². The largest absolute Gasteiger partial charge is 0.324 e. The lowest BCUT2D eigenvalue weighted by Gasteiger charge is -2.28. The Balaban J connectivity index is 2.01. The van der Waals surface area contributed by atoms with E-state index in [1.165, 1.54) is 6.07 Å². The van der Waals surface area contributed by atoms with Gasteiger partial charge in [-0.2, -0.15) is 0 Å². The monoisotopic (exact) mass is 251 g/mol. The van der Waals surface area contributed by atoms with Gasteiger partial charge in [0.1, 0.15) is 5.82 Å². The summed E-state index contributed by atoms with van der Waals surface area (Å²) < 4.78 is 13.3. The molecule has 1 fully saturated rings. The van der Waals surface area contributed by atoms with Crippen LogP contribution in [0.5, 0.6) is 0 Å². The SMILES string of the molecule is Cc1c(F)cccc1NC(=O)C1CNC(C)CN1. The Kier molecular flexibility index (Phi) is 3.93. The van der Waals surface area contributed by atoms with E-state index in [1.807, 2.05) is 0 Å². The van der Waals surface area contributed by atoms with Gasteiger partial charge in [0.15, 0.2) is 0 Å². The number of halogens is 1. The molecule has 4 nitrogen and oxygen atoms in total. The molecule has 2 rings (SSSR count). The lowest BCUT2D eigenvalue weighted by molar-refractivity contribution is -0.118. The van der Waals surface area contributed by atoms with Gasteiger partial charge < -0.3 is 16.0 Å². The minimum atomic E-state index is -0.309. The third-order valence-corrected chi connectivity index (χ3v) is 3.18. The number of benzene rings is 1. The summed E-state index contributed by atoms with van der Waals surface area (Å²) in [5.41, 5.74) is 0.989. The Hall–Kier alpha value is -1.46. The van der Waals surface area contributed by atoms with E-state index in [2.05, 4.69) is 22.9 Å². The highest BCUT2D eigenvalue weighted by molar-refractivity contribution is 5.95. The highest BCUT2D eigenvalue weighted by Gasteiger charge is 2.23. The first-order valence-corrected chi connectivity index (χ1v) is 6.10. The van der Waals surface area contributed by atoms with Crippen molar-refractivity contribution in [2.24, 2.45) is 0 Å². The number of piperazine rings is 1. The van der Waals surface area contributed by atoms with Crippen LogP contribution in [0.4, 0.5) is 10.1 Å². The first kappa shape index (κ1) is 13.0. The van der Waals surface area contributed by atoms with E-state index >= 15 is 0 Å². The molecule has 1 aromatic rings. The van der Waals surface area contributed by atoms with Crippen molar-refractivity contribution in [3.63, 3.8) is 0 Å². The Morgan fingerprint density at radius 3 is 2.83 bits per heavy atom. The van der Waals surface area contributed by atoms with Crippen molar-refractivity contribution < 1.29 is 9.18 Å². The molecule has 1 heterocycles. The van der Waals surface area contributed by atoms with Gasteiger partial charge in [-0.3, -0.25) is 4.79 Å². The maximum Gasteiger partial charge on any atom is 0.242 e. The molecule has 0 radical (unpaired) electrons. The number of carbonyl (C=O) groups excluding carboxylic acids is 1. The second kappa shape index (κ2) is 5.46. The molecule has 1 aromatic carbocycles. The number of carbonyl (C=O) groups is 1. The number of anilines is 1. The van der Waals surface area contributed by atoms with Crippen LogP contribution in [0.15, 0.2) is 18.2 Å². The van der Waals surface area contributed by atoms with Gasteiger partial charge in [-0.15, -0.1) is 0 Å². The molecule has 1 saturated heterocycles. The Bertz CT molecular complexity index is 442. The molecule has 2 unspecified atom stereocenters. The van der Waals surface area contributed by atoms with Crippen LogP contribution >= 0.6 is 0 Å². The van der Waals surface area contributed by atoms with Crippen molar-refractivity contribution in [3.05, 3.63) is 29.6 Å². The third-order valence-electron chi connectivity index (χ3n) is 3.18. The van der Waals surface area contributed by atoms with Crippen molar-refractivity contribution in [3.8, 4) is 0 Å². The van der Waals surface area contributed by atoms with E-state index in [0.717, 1.165) is 6.54 Å². The fraction of sp³-hybridized carbons (Fsp3) is 0.462. The maximum atomic E-state index is 13.3. The van der Waals surface area contributed by atoms with Gasteiger partial charge in [0.05, 0.1) is 6.04 Å². The summed E-state index contributed by atoms with van der Waals surface area (Å²) in [6.45, 7) is 5.04. The lowest BCUT2D eigenvalue weighted by Crippen LogP contribution is -2.57. The molecule has 1 aliphatic rings. The van der Waals surface area contributed by atoms with Crippen LogP contribution in [-0.2, 0) is 4.79 Å². The summed E-state index contributed by atoms with van der Waals surface area (Å²) >= 11 is 0. The molecule has 1 amide bonds. The zero-order valence-electron chi connectivity index (χ0n) is 10.6. The van der Waals surface area contributed by atoms with Gasteiger partial charge >= 0.3 is 0 Å². The summed E-state index contributed by atoms with van der Waals surface area (Å²) in [7, 11) is 0. The van der Waals surface area contributed by atoms with Crippen LogP contribution in [0.3, 0.4) is 0 Å². The van der Waals surface area contributed by atoms with Gasteiger partial charge in [-0.25, -0.2) is 4.39 Å². The zero-order valence-corrected chi connectivity index (χ0v) is 10.6. The maximum absolute atomic E-state index is 13.3. The second-order valence-corrected chi connectivity index (χ2v) is 4.67. The molecule has 0 spiro atoms. The fourth-order valence-electron chi connectivity index (χ4n) is 1.93. The van der Waals surface area contributed by atoms with Crippen molar-refractivity contribution in [2.45, 2.75) is 25.9 Å². The molecule has 0 aromatic heterocycles. The highest BCUT2D eigenvalue weighted by atomic mass is 19.1. The quantitative estimate of drug-likeness (QED) is 0.735. The van der Waals surface area contributed by atoms with E-state index < -0.39 is 0 Å². The van der Waals surface area contributed by atoms with E-state index in [4.69, 9.17) is 0 Å². The van der Waals surface area contributed by atoms with Crippen LogP contribution in [0.2, 0.25) is 0 Å². The molecule has 0 saturated carbocycles. The first-order valence-electron chi connectivity index (χ1n) is 6.10. The minimum absolute atomic E-state index is 0.136. The third kappa shape index (κ3) is 2.86. The van der Waals surface area contributed by atoms with Crippen LogP contribution in [0.25, 0.3) is 0 Å². The lowest BCUT2D eigenvalue weighted by atomic mass is 10.1. The molecule has 0 bridgehead atoms. The predicted octanol–water partition coefficient (Wildman–Crippen LogP) is 1.02. The molecule has 2 atom stereocenters. The highest BCUT2D eigenvalue weighted by Crippen LogP contribution is 2.17. The summed E-state index contributed by atoms with van der Waals surface area (Å²) in [6, 6.07) is 4.77. The summed E-state index contributed by atoms with van der Waals surface area (Å²) in [5, 5.41) is 9.14. The van der Waals surface area contributed by atoms with Crippen molar-refractivity contribution >= 4 is 11.6 Å². The number of amides is 1. The van der Waals surface area contributed by atoms with Gasteiger partial charge in [0.25, 0.3) is 0 Å². The second-order valence-electron chi connectivity index (χ2n) is 4.67. The summed E-state index contributed by atoms with van der Waals surface area (Å²) in [6.07, 6.45) is 0. The minimum Gasteiger partial charge on any atom is -0.324 e. The standard InChI is InChI=1S/C13H18FN3O/c1-8-6-16-12(7-15-8)13(18)17-11-5-3-4-10(14)9(11)2/h3-5,8,12,15-16H,6-7H2,1-2H3,(H,17,18). The number of nitrogens with one attached hydrogen (secondary N) is 3. The van der Waals surface area contributed by atoms with Gasteiger partial charge in [-0.05, 0) is 26.0 Å². The fourth-order valence-corrected chi connectivity index (χ4v) is 1.93. The van der Waals surface area contributed by atoms with Crippen LogP contribution in [0, 0.1) is 12.7 Å². The van der Waals surface area contributed by atoms with E-state index in [1.54, 1.807) is 19.1 Å². The molecule has 1 aliphatic heterocycles. The summed E-state index contributed by atoms with van der Waals surface area (Å²) in [4.78, 5) is 12.0. The summed E-state index contributed by atoms with van der Waals surface area (Å²) in [5.74, 6) is -0.445. The molecule has 18 heavy (non-hydrogen) atoms. The molecular weight excluding hydrogens is 233 g/mol. The Morgan fingerprint density at radius 1 is 1.39 bits per heavy atom. The predicted molar refractivity (Wildman–Crippen MR) is 69.0 cm³/mol. The van der Waals surface area contributed by atoms with E-state index in [0.29, 0.717) is 23.8 Å². The smallest absolute Gasteiger partial charge is 0.242 e. The number of hydrogen-bond donors (Lipinski definition) is 3. The number of hydrogen-bond acceptors (Lipinski definition) is 3. The number of rotatable bonds is 2. The van der Waals surface area contributed by atoms with Crippen molar-refractivity contribution in [2.75, 3.05) is 18.4 Å². The van der Waals surface area contributed by atoms with Gasteiger partial charge in [0, 0.05) is 30.4 Å². The first-order chi connectivity index (χ1) is 8.58. The van der Waals surface area contributed by atoms with Crippen molar-refractivity contribution in [1.29, 1.82) is 0 Å². The average molecular weight is 251 g/mol. The van der Waals surface area contributed by atoms with E-state index in [-0.39, 0.29) is 17.8 Å². The molecule has 3 N–H and O–H groups in total. The van der Waals surface area contributed by atoms with Crippen LogP contribution < -0.4 is 16.0 Å². The molecular formula is C13H18FN3O. The Morgan fingerprint density at radius 2 is 2.17 bits per heavy atom.